The monoisotopic (exact) mass is 280 g/mol. The van der Waals surface area contributed by atoms with E-state index in [2.05, 4.69) is 5.32 Å². The Morgan fingerprint density at radius 2 is 1.85 bits per heavy atom. The van der Waals surface area contributed by atoms with Crippen LogP contribution < -0.4 is 5.32 Å². The number of nitrogens with zero attached hydrogens (tertiary/aromatic N) is 1. The summed E-state index contributed by atoms with van der Waals surface area (Å²) in [4.78, 5) is 24.7. The highest BCUT2D eigenvalue weighted by Gasteiger charge is 2.20. The van der Waals surface area contributed by atoms with E-state index in [1.165, 1.54) is 17.0 Å². The Balaban J connectivity index is 2.94. The Bertz CT molecular complexity index is 514. The highest BCUT2D eigenvalue weighted by atomic mass is 16.4. The predicted molar refractivity (Wildman–Crippen MR) is 76.1 cm³/mol. The Morgan fingerprint density at radius 3 is 2.35 bits per heavy atom. The summed E-state index contributed by atoms with van der Waals surface area (Å²) in [6, 6.07) is 3.42. The number of phenolic OH excluding ortho intramolecular Hbond substituents is 1. The highest BCUT2D eigenvalue weighted by Crippen LogP contribution is 2.22. The van der Waals surface area contributed by atoms with Crippen molar-refractivity contribution in [2.75, 3.05) is 12.4 Å². The van der Waals surface area contributed by atoms with Crippen LogP contribution in [0.4, 0.5) is 10.5 Å². The van der Waals surface area contributed by atoms with Gasteiger partial charge in [0, 0.05) is 13.1 Å². The number of carboxylic acid groups (broad SMARTS) is 1. The fourth-order valence-corrected chi connectivity index (χ4v) is 1.65. The number of aromatic carboxylic acids is 1. The minimum Gasteiger partial charge on any atom is -0.508 e. The Hall–Kier alpha value is -2.24. The number of amides is 2. The zero-order valence-corrected chi connectivity index (χ0v) is 12.0. The van der Waals surface area contributed by atoms with Crippen LogP contribution in [0.15, 0.2) is 18.2 Å². The van der Waals surface area contributed by atoms with E-state index in [0.29, 0.717) is 0 Å². The molecule has 0 aliphatic rings. The van der Waals surface area contributed by atoms with Gasteiger partial charge in [-0.15, -0.1) is 0 Å². The van der Waals surface area contributed by atoms with Gasteiger partial charge in [0.2, 0.25) is 0 Å². The van der Waals surface area contributed by atoms with Crippen molar-refractivity contribution < 1.29 is 19.8 Å². The van der Waals surface area contributed by atoms with Gasteiger partial charge >= 0.3 is 12.0 Å². The van der Waals surface area contributed by atoms with Crippen LogP contribution in [-0.4, -0.2) is 40.2 Å². The number of anilines is 1. The van der Waals surface area contributed by atoms with E-state index >= 15 is 0 Å². The molecule has 0 bridgehead atoms. The summed E-state index contributed by atoms with van der Waals surface area (Å²) in [7, 11) is 1.65. The van der Waals surface area contributed by atoms with Gasteiger partial charge in [-0.25, -0.2) is 9.59 Å². The topological polar surface area (TPSA) is 89.9 Å². The predicted octanol–water partition coefficient (Wildman–Crippen LogP) is 2.60. The van der Waals surface area contributed by atoms with Crippen molar-refractivity contribution in [1.29, 1.82) is 0 Å². The van der Waals surface area contributed by atoms with E-state index < -0.39 is 5.97 Å². The SMILES string of the molecule is CC(C)C(C)N(C)C(=O)Nc1ccc(O)cc1C(=O)O. The van der Waals surface area contributed by atoms with E-state index in [1.54, 1.807) is 7.05 Å². The molecular formula is C14H20N2O4. The zero-order valence-electron chi connectivity index (χ0n) is 12.0. The molecule has 2 amide bonds. The number of benzene rings is 1. The molecule has 110 valence electrons. The smallest absolute Gasteiger partial charge is 0.337 e. The van der Waals surface area contributed by atoms with Crippen molar-refractivity contribution in [3.05, 3.63) is 23.8 Å². The number of hydrogen-bond acceptors (Lipinski definition) is 3. The lowest BCUT2D eigenvalue weighted by atomic mass is 10.1. The molecule has 1 aromatic carbocycles. The second-order valence-corrected chi connectivity index (χ2v) is 5.06. The minimum atomic E-state index is -1.21. The summed E-state index contributed by atoms with van der Waals surface area (Å²) < 4.78 is 0. The van der Waals surface area contributed by atoms with Gasteiger partial charge in [-0.2, -0.15) is 0 Å². The van der Waals surface area contributed by atoms with Gasteiger partial charge in [-0.3, -0.25) is 0 Å². The molecule has 0 saturated heterocycles. The molecule has 1 atom stereocenters. The maximum Gasteiger partial charge on any atom is 0.337 e. The summed E-state index contributed by atoms with van der Waals surface area (Å²) in [5.74, 6) is -1.09. The number of carboxylic acids is 1. The molecule has 0 radical (unpaired) electrons. The van der Waals surface area contributed by atoms with Crippen LogP contribution in [0.2, 0.25) is 0 Å². The number of hydrogen-bond donors (Lipinski definition) is 3. The number of carbonyl (C=O) groups excluding carboxylic acids is 1. The number of rotatable bonds is 4. The number of nitrogens with one attached hydrogen (secondary N) is 1. The highest BCUT2D eigenvalue weighted by molar-refractivity contribution is 6.00. The fourth-order valence-electron chi connectivity index (χ4n) is 1.65. The first-order valence-corrected chi connectivity index (χ1v) is 6.34. The third-order valence-corrected chi connectivity index (χ3v) is 3.37. The maximum absolute atomic E-state index is 12.1. The van der Waals surface area contributed by atoms with Crippen LogP contribution in [-0.2, 0) is 0 Å². The third kappa shape index (κ3) is 3.63. The van der Waals surface area contributed by atoms with Crippen LogP contribution in [0.25, 0.3) is 0 Å². The van der Waals surface area contributed by atoms with Gasteiger partial charge in [0.05, 0.1) is 11.3 Å². The molecule has 0 aliphatic carbocycles. The Labute approximate surface area is 118 Å². The molecule has 3 N–H and O–H groups in total. The summed E-state index contributed by atoms with van der Waals surface area (Å²) in [6.07, 6.45) is 0. The summed E-state index contributed by atoms with van der Waals surface area (Å²) in [5.41, 5.74) is 0.00653. The summed E-state index contributed by atoms with van der Waals surface area (Å²) in [5, 5.41) is 20.9. The molecule has 20 heavy (non-hydrogen) atoms. The first-order chi connectivity index (χ1) is 9.23. The molecule has 6 nitrogen and oxygen atoms in total. The quantitative estimate of drug-likeness (QED) is 0.739. The van der Waals surface area contributed by atoms with Crippen molar-refractivity contribution in [2.45, 2.75) is 26.8 Å². The average molecular weight is 280 g/mol. The molecule has 0 heterocycles. The third-order valence-electron chi connectivity index (χ3n) is 3.37. The minimum absolute atomic E-state index is 0.0143. The molecule has 0 spiro atoms. The van der Waals surface area contributed by atoms with Crippen molar-refractivity contribution in [3.63, 3.8) is 0 Å². The van der Waals surface area contributed by atoms with Gasteiger partial charge in [0.1, 0.15) is 5.75 Å². The van der Waals surface area contributed by atoms with Crippen molar-refractivity contribution in [1.82, 2.24) is 4.90 Å². The van der Waals surface area contributed by atoms with E-state index in [4.69, 9.17) is 5.11 Å². The van der Waals surface area contributed by atoms with E-state index in [0.717, 1.165) is 6.07 Å². The van der Waals surface area contributed by atoms with Gasteiger partial charge in [-0.05, 0) is 31.0 Å². The van der Waals surface area contributed by atoms with E-state index in [-0.39, 0.29) is 35.0 Å². The van der Waals surface area contributed by atoms with Crippen LogP contribution >= 0.6 is 0 Å². The lowest BCUT2D eigenvalue weighted by molar-refractivity contribution is 0.0697. The molecule has 1 rings (SSSR count). The van der Waals surface area contributed by atoms with Gasteiger partial charge in [-0.1, -0.05) is 13.8 Å². The molecule has 6 heteroatoms. The number of aromatic hydroxyl groups is 1. The summed E-state index contributed by atoms with van der Waals surface area (Å²) >= 11 is 0. The largest absolute Gasteiger partial charge is 0.508 e. The number of phenols is 1. The van der Waals surface area contributed by atoms with Gasteiger partial charge in [0.15, 0.2) is 0 Å². The summed E-state index contributed by atoms with van der Waals surface area (Å²) in [6.45, 7) is 5.91. The first-order valence-electron chi connectivity index (χ1n) is 6.34. The Morgan fingerprint density at radius 1 is 1.25 bits per heavy atom. The second kappa shape index (κ2) is 6.27. The molecule has 0 saturated carbocycles. The van der Waals surface area contributed by atoms with Crippen LogP contribution in [0.1, 0.15) is 31.1 Å². The lowest BCUT2D eigenvalue weighted by Crippen LogP contribution is -2.41. The molecule has 0 fully saturated rings. The molecule has 0 aromatic heterocycles. The van der Waals surface area contributed by atoms with Gasteiger partial charge < -0.3 is 20.4 Å². The molecule has 1 aromatic rings. The zero-order chi connectivity index (χ0) is 15.4. The van der Waals surface area contributed by atoms with Crippen molar-refractivity contribution in [3.8, 4) is 5.75 Å². The first kappa shape index (κ1) is 15.8. The van der Waals surface area contributed by atoms with E-state index in [1.807, 2.05) is 20.8 Å². The lowest BCUT2D eigenvalue weighted by Gasteiger charge is -2.28. The normalized spacial score (nSPS) is 12.1. The van der Waals surface area contributed by atoms with E-state index in [9.17, 15) is 14.7 Å². The van der Waals surface area contributed by atoms with Gasteiger partial charge in [0.25, 0.3) is 0 Å². The van der Waals surface area contributed by atoms with Crippen LogP contribution in [0, 0.1) is 5.92 Å². The number of carbonyl (C=O) groups is 2. The maximum atomic E-state index is 12.1. The molecule has 1 unspecified atom stereocenters. The fraction of sp³-hybridized carbons (Fsp3) is 0.429. The molecule has 0 aliphatic heterocycles. The van der Waals surface area contributed by atoms with Crippen molar-refractivity contribution in [2.24, 2.45) is 5.92 Å². The second-order valence-electron chi connectivity index (χ2n) is 5.06. The standard InChI is InChI=1S/C14H20N2O4/c1-8(2)9(3)16(4)14(20)15-12-6-5-10(17)7-11(12)13(18)19/h5-9,17H,1-4H3,(H,15,20)(H,18,19). The average Bonchev–Trinajstić information content (AvgIpc) is 2.38. The van der Waals surface area contributed by atoms with Crippen molar-refractivity contribution >= 4 is 17.7 Å². The molecular weight excluding hydrogens is 260 g/mol. The Kier molecular flexibility index (Phi) is 4.96. The van der Waals surface area contributed by atoms with Crippen LogP contribution in [0.5, 0.6) is 5.75 Å². The number of urea groups is 1. The van der Waals surface area contributed by atoms with Crippen LogP contribution in [0.3, 0.4) is 0 Å².